The maximum absolute atomic E-state index is 5.17. The molecule has 0 amide bonds. The van der Waals surface area contributed by atoms with Gasteiger partial charge in [0.25, 0.3) is 0 Å². The third-order valence-electron chi connectivity index (χ3n) is 6.68. The number of fused-ring (bicyclic) bond motifs is 2. The van der Waals surface area contributed by atoms with Gasteiger partial charge in [-0.05, 0) is 49.1 Å². The molecule has 2 aromatic carbocycles. The van der Waals surface area contributed by atoms with Crippen LogP contribution in [0.1, 0.15) is 41.7 Å². The minimum Gasteiger partial charge on any atom is -0.341 e. The van der Waals surface area contributed by atoms with Crippen LogP contribution < -0.4 is 0 Å². The highest BCUT2D eigenvalue weighted by atomic mass is 32.2. The van der Waals surface area contributed by atoms with Crippen LogP contribution in [0, 0.1) is 13.8 Å². The summed E-state index contributed by atoms with van der Waals surface area (Å²) >= 11 is 1.89. The van der Waals surface area contributed by atoms with Crippen molar-refractivity contribution < 1.29 is 0 Å². The van der Waals surface area contributed by atoms with Crippen LogP contribution in [-0.4, -0.2) is 31.4 Å². The van der Waals surface area contributed by atoms with E-state index in [1.54, 1.807) is 0 Å². The molecule has 2 aliphatic heterocycles. The molecule has 0 saturated carbocycles. The van der Waals surface area contributed by atoms with Crippen molar-refractivity contribution >= 4 is 27.7 Å². The fraction of sp³-hybridized carbons (Fsp3) is 0.259. The van der Waals surface area contributed by atoms with E-state index in [9.17, 15) is 0 Å². The molecule has 2 aliphatic rings. The van der Waals surface area contributed by atoms with Gasteiger partial charge in [0.2, 0.25) is 0 Å². The van der Waals surface area contributed by atoms with Gasteiger partial charge in [-0.1, -0.05) is 61.2 Å². The number of pyridine rings is 1. The van der Waals surface area contributed by atoms with E-state index in [4.69, 9.17) is 9.98 Å². The van der Waals surface area contributed by atoms with Crippen molar-refractivity contribution in [3.05, 3.63) is 95.6 Å². The predicted molar refractivity (Wildman–Crippen MR) is 134 cm³/mol. The van der Waals surface area contributed by atoms with E-state index in [1.807, 2.05) is 24.0 Å². The van der Waals surface area contributed by atoms with Crippen molar-refractivity contribution in [1.82, 2.24) is 14.5 Å². The number of aryl methyl sites for hydroxylation is 1. The van der Waals surface area contributed by atoms with E-state index in [1.165, 1.54) is 33.4 Å². The number of aliphatic imine (C=N–C) groups is 1. The number of rotatable bonds is 3. The number of thioether (sulfide) groups is 1. The maximum atomic E-state index is 5.17. The molecule has 3 atom stereocenters. The van der Waals surface area contributed by atoms with Gasteiger partial charge < -0.3 is 9.47 Å². The molecule has 4 aromatic rings. The molecule has 0 spiro atoms. The van der Waals surface area contributed by atoms with Crippen molar-refractivity contribution in [3.8, 4) is 5.69 Å². The first-order valence-corrected chi connectivity index (χ1v) is 12.1. The van der Waals surface area contributed by atoms with Crippen LogP contribution in [0.4, 0.5) is 0 Å². The lowest BCUT2D eigenvalue weighted by atomic mass is 9.96. The first kappa shape index (κ1) is 19.6. The molecule has 1 saturated heterocycles. The van der Waals surface area contributed by atoms with Gasteiger partial charge >= 0.3 is 0 Å². The quantitative estimate of drug-likeness (QED) is 0.380. The highest BCUT2D eigenvalue weighted by molar-refractivity contribution is 8.14. The van der Waals surface area contributed by atoms with Crippen LogP contribution in [0.2, 0.25) is 0 Å². The SMILES string of the molecule is Cc1cc([C@@H]2[C@@H](c3ccccn3)N=C3S[C@H](C)CN32)c(C)n1-c1cccc2ccccc12. The topological polar surface area (TPSA) is 33.4 Å². The van der Waals surface area contributed by atoms with Gasteiger partial charge in [-0.15, -0.1) is 0 Å². The summed E-state index contributed by atoms with van der Waals surface area (Å²) in [7, 11) is 0. The van der Waals surface area contributed by atoms with E-state index in [0.29, 0.717) is 5.25 Å². The van der Waals surface area contributed by atoms with Gasteiger partial charge in [-0.3, -0.25) is 9.98 Å². The largest absolute Gasteiger partial charge is 0.341 e. The molecular formula is C27H26N4S. The van der Waals surface area contributed by atoms with Crippen molar-refractivity contribution in [3.63, 3.8) is 0 Å². The van der Waals surface area contributed by atoms with Crippen LogP contribution in [0.5, 0.6) is 0 Å². The average molecular weight is 439 g/mol. The molecule has 6 rings (SSSR count). The van der Waals surface area contributed by atoms with Crippen molar-refractivity contribution in [2.24, 2.45) is 4.99 Å². The first-order chi connectivity index (χ1) is 15.6. The number of hydrogen-bond acceptors (Lipinski definition) is 4. The summed E-state index contributed by atoms with van der Waals surface area (Å²) < 4.78 is 2.41. The zero-order valence-corrected chi connectivity index (χ0v) is 19.4. The number of aromatic nitrogens is 2. The molecule has 0 aliphatic carbocycles. The van der Waals surface area contributed by atoms with Gasteiger partial charge in [0.05, 0.1) is 17.4 Å². The van der Waals surface area contributed by atoms with E-state index in [0.717, 1.165) is 17.4 Å². The van der Waals surface area contributed by atoms with E-state index in [2.05, 4.69) is 90.9 Å². The Labute approximate surface area is 193 Å². The predicted octanol–water partition coefficient (Wildman–Crippen LogP) is 6.23. The van der Waals surface area contributed by atoms with E-state index < -0.39 is 0 Å². The molecule has 0 bridgehead atoms. The van der Waals surface area contributed by atoms with Crippen LogP contribution in [0.15, 0.2) is 77.9 Å². The van der Waals surface area contributed by atoms with Gasteiger partial charge in [-0.2, -0.15) is 0 Å². The summed E-state index contributed by atoms with van der Waals surface area (Å²) in [6, 6.07) is 23.9. The normalized spacial score (nSPS) is 22.4. The Balaban J connectivity index is 1.51. The second-order valence-electron chi connectivity index (χ2n) is 8.80. The molecule has 32 heavy (non-hydrogen) atoms. The summed E-state index contributed by atoms with van der Waals surface area (Å²) in [5.74, 6) is 0. The highest BCUT2D eigenvalue weighted by Gasteiger charge is 2.44. The Bertz CT molecular complexity index is 1340. The van der Waals surface area contributed by atoms with Gasteiger partial charge in [0, 0.05) is 34.8 Å². The summed E-state index contributed by atoms with van der Waals surface area (Å²) in [6.07, 6.45) is 1.88. The number of benzene rings is 2. The average Bonchev–Trinajstić information content (AvgIpc) is 3.43. The van der Waals surface area contributed by atoms with Crippen molar-refractivity contribution in [1.29, 1.82) is 0 Å². The summed E-state index contributed by atoms with van der Waals surface area (Å²) in [5.41, 5.74) is 6.16. The third-order valence-corrected chi connectivity index (χ3v) is 7.78. The van der Waals surface area contributed by atoms with Crippen LogP contribution in [-0.2, 0) is 0 Å². The molecule has 1 fully saturated rings. The smallest absolute Gasteiger partial charge is 0.160 e. The van der Waals surface area contributed by atoms with Crippen molar-refractivity contribution in [2.75, 3.05) is 6.54 Å². The Kier molecular flexibility index (Phi) is 4.61. The standard InChI is InChI=1S/C27H26N4S/c1-17-15-22(19(3)31(17)24-13-8-10-20-9-4-5-11-21(20)24)26-25(23-12-6-7-14-28-23)29-27-30(26)16-18(2)32-27/h4-15,18,25-26H,16H2,1-3H3/t18-,25-,26-/m1/s1. The van der Waals surface area contributed by atoms with Crippen LogP contribution in [0.3, 0.4) is 0 Å². The second kappa shape index (κ2) is 7.52. The fourth-order valence-electron chi connectivity index (χ4n) is 5.31. The lowest BCUT2D eigenvalue weighted by Crippen LogP contribution is -2.28. The molecule has 4 nitrogen and oxygen atoms in total. The second-order valence-corrected chi connectivity index (χ2v) is 10.2. The Morgan fingerprint density at radius 2 is 1.78 bits per heavy atom. The molecule has 5 heteroatoms. The summed E-state index contributed by atoms with van der Waals surface area (Å²) in [5, 5.41) is 4.26. The van der Waals surface area contributed by atoms with E-state index >= 15 is 0 Å². The van der Waals surface area contributed by atoms with E-state index in [-0.39, 0.29) is 12.1 Å². The molecular weight excluding hydrogens is 412 g/mol. The lowest BCUT2D eigenvalue weighted by molar-refractivity contribution is 0.320. The summed E-state index contributed by atoms with van der Waals surface area (Å²) in [6.45, 7) is 7.78. The first-order valence-electron chi connectivity index (χ1n) is 11.2. The minimum absolute atomic E-state index is 0.0210. The minimum atomic E-state index is 0.0210. The Morgan fingerprint density at radius 3 is 2.62 bits per heavy atom. The molecule has 0 radical (unpaired) electrons. The molecule has 0 unspecified atom stereocenters. The zero-order chi connectivity index (χ0) is 21.8. The molecule has 4 heterocycles. The number of hydrogen-bond donors (Lipinski definition) is 0. The zero-order valence-electron chi connectivity index (χ0n) is 18.6. The van der Waals surface area contributed by atoms with Crippen LogP contribution in [0.25, 0.3) is 16.5 Å². The van der Waals surface area contributed by atoms with Crippen LogP contribution >= 0.6 is 11.8 Å². The Hall–Kier alpha value is -3.05. The number of nitrogens with zero attached hydrogens (tertiary/aromatic N) is 4. The van der Waals surface area contributed by atoms with Crippen molar-refractivity contribution in [2.45, 2.75) is 38.1 Å². The summed E-state index contributed by atoms with van der Waals surface area (Å²) in [4.78, 5) is 12.4. The van der Waals surface area contributed by atoms with Gasteiger partial charge in [-0.25, -0.2) is 0 Å². The highest BCUT2D eigenvalue weighted by Crippen LogP contribution is 2.49. The lowest BCUT2D eigenvalue weighted by Gasteiger charge is -2.27. The fourth-order valence-corrected chi connectivity index (χ4v) is 6.41. The Morgan fingerprint density at radius 1 is 0.969 bits per heavy atom. The molecule has 160 valence electrons. The molecule has 0 N–H and O–H groups in total. The molecule has 2 aromatic heterocycles. The maximum Gasteiger partial charge on any atom is 0.160 e. The van der Waals surface area contributed by atoms with Gasteiger partial charge in [0.1, 0.15) is 6.04 Å². The number of amidine groups is 1. The third kappa shape index (κ3) is 2.99. The monoisotopic (exact) mass is 438 g/mol. The van der Waals surface area contributed by atoms with Gasteiger partial charge in [0.15, 0.2) is 5.17 Å².